The Hall–Kier alpha value is -4.24. The molecule has 3 N–H and O–H groups in total. The highest BCUT2D eigenvalue weighted by Crippen LogP contribution is 2.46. The van der Waals surface area contributed by atoms with E-state index in [4.69, 9.17) is 0 Å². The molecule has 1 aromatic heterocycles. The minimum absolute atomic E-state index is 0.204. The number of rotatable bonds is 4. The van der Waals surface area contributed by atoms with Crippen molar-refractivity contribution in [2.75, 3.05) is 25.0 Å². The van der Waals surface area contributed by atoms with Gasteiger partial charge in [-0.2, -0.15) is 5.10 Å². The van der Waals surface area contributed by atoms with Gasteiger partial charge < -0.3 is 10.4 Å². The second-order valence-corrected chi connectivity index (χ2v) is 12.7. The van der Waals surface area contributed by atoms with Crippen LogP contribution in [0.3, 0.4) is 0 Å². The van der Waals surface area contributed by atoms with Crippen molar-refractivity contribution in [3.05, 3.63) is 105 Å². The van der Waals surface area contributed by atoms with E-state index >= 15 is 0 Å². The Morgan fingerprint density at radius 3 is 2.40 bits per heavy atom. The Balaban J connectivity index is 1.31. The van der Waals surface area contributed by atoms with Crippen LogP contribution < -0.4 is 10.9 Å². The lowest BCUT2D eigenvalue weighted by atomic mass is 9.72. The smallest absolute Gasteiger partial charge is 0.407 e. The molecule has 3 aromatic carbocycles. The van der Waals surface area contributed by atoms with Gasteiger partial charge in [0.1, 0.15) is 5.82 Å². The molecule has 9 heteroatoms. The molecule has 4 aromatic rings. The lowest BCUT2D eigenvalue weighted by molar-refractivity contribution is -0.0462. The number of carbonyl (C=O) groups is 1. The number of halogens is 1. The number of hydrogen-bond acceptors (Lipinski definition) is 5. The van der Waals surface area contributed by atoms with Crippen molar-refractivity contribution in [3.63, 3.8) is 0 Å². The number of benzene rings is 3. The molecular weight excluding hydrogens is 533 g/mol. The summed E-state index contributed by atoms with van der Waals surface area (Å²) in [6.45, 7) is 10.8. The van der Waals surface area contributed by atoms with Gasteiger partial charge in [0.05, 0.1) is 28.6 Å². The van der Waals surface area contributed by atoms with Crippen LogP contribution in [0.25, 0.3) is 10.8 Å². The van der Waals surface area contributed by atoms with Crippen molar-refractivity contribution < 1.29 is 14.3 Å². The Bertz CT molecular complexity index is 1700. The van der Waals surface area contributed by atoms with Crippen LogP contribution in [0.15, 0.2) is 71.5 Å². The summed E-state index contributed by atoms with van der Waals surface area (Å²) in [5.41, 5.74) is 3.66. The SMILES string of the molecule is CC(C)(C)C1(C)CN(Cc2ccc(C3Nc4cccc5c(=O)[nH]nc(c45)C3c3ccc(F)cc3)cc2)CCN1C(=O)O. The lowest BCUT2D eigenvalue weighted by Gasteiger charge is -2.54. The van der Waals surface area contributed by atoms with E-state index in [1.165, 1.54) is 12.1 Å². The third kappa shape index (κ3) is 4.71. The summed E-state index contributed by atoms with van der Waals surface area (Å²) in [5.74, 6) is -0.572. The number of nitrogens with zero attached hydrogens (tertiary/aromatic N) is 3. The molecule has 42 heavy (non-hydrogen) atoms. The maximum atomic E-state index is 13.9. The Kier molecular flexibility index (Phi) is 6.80. The number of aromatic amines is 1. The molecule has 3 heterocycles. The molecule has 0 radical (unpaired) electrons. The van der Waals surface area contributed by atoms with Gasteiger partial charge in [-0.1, -0.05) is 63.2 Å². The van der Waals surface area contributed by atoms with E-state index in [1.54, 1.807) is 23.1 Å². The number of hydrogen-bond donors (Lipinski definition) is 3. The third-order valence-corrected chi connectivity index (χ3v) is 9.37. The van der Waals surface area contributed by atoms with Gasteiger partial charge in [0.15, 0.2) is 0 Å². The van der Waals surface area contributed by atoms with E-state index in [9.17, 15) is 19.1 Å². The van der Waals surface area contributed by atoms with E-state index in [-0.39, 0.29) is 28.8 Å². The number of piperazine rings is 1. The highest BCUT2D eigenvalue weighted by atomic mass is 19.1. The Morgan fingerprint density at radius 1 is 1.05 bits per heavy atom. The zero-order chi connectivity index (χ0) is 29.8. The highest BCUT2D eigenvalue weighted by molar-refractivity contribution is 5.97. The van der Waals surface area contributed by atoms with Gasteiger partial charge >= 0.3 is 6.09 Å². The van der Waals surface area contributed by atoms with Gasteiger partial charge in [-0.05, 0) is 53.3 Å². The largest absolute Gasteiger partial charge is 0.465 e. The molecule has 3 unspecified atom stereocenters. The molecule has 1 saturated heterocycles. The van der Waals surface area contributed by atoms with Gasteiger partial charge in [-0.15, -0.1) is 0 Å². The third-order valence-electron chi connectivity index (χ3n) is 9.37. The zero-order valence-electron chi connectivity index (χ0n) is 24.3. The maximum absolute atomic E-state index is 13.9. The first-order chi connectivity index (χ1) is 20.0. The van der Waals surface area contributed by atoms with Crippen molar-refractivity contribution in [1.29, 1.82) is 0 Å². The lowest BCUT2D eigenvalue weighted by Crippen LogP contribution is -2.67. The molecule has 0 spiro atoms. The molecule has 8 nitrogen and oxygen atoms in total. The zero-order valence-corrected chi connectivity index (χ0v) is 24.3. The highest BCUT2D eigenvalue weighted by Gasteiger charge is 2.48. The molecule has 0 saturated carbocycles. The van der Waals surface area contributed by atoms with Crippen LogP contribution in [0.2, 0.25) is 0 Å². The van der Waals surface area contributed by atoms with E-state index in [0.29, 0.717) is 31.6 Å². The molecule has 2 aliphatic rings. The van der Waals surface area contributed by atoms with E-state index < -0.39 is 11.6 Å². The first-order valence-corrected chi connectivity index (χ1v) is 14.3. The van der Waals surface area contributed by atoms with Crippen LogP contribution in [0.5, 0.6) is 0 Å². The summed E-state index contributed by atoms with van der Waals surface area (Å²) in [6.07, 6.45) is -0.872. The minimum atomic E-state index is -0.872. The summed E-state index contributed by atoms with van der Waals surface area (Å²) in [5, 5.41) is 22.1. The van der Waals surface area contributed by atoms with Gasteiger partial charge in [-0.25, -0.2) is 14.3 Å². The van der Waals surface area contributed by atoms with E-state index in [2.05, 4.69) is 65.5 Å². The minimum Gasteiger partial charge on any atom is -0.465 e. The Labute approximate surface area is 244 Å². The standard InChI is InChI=1S/C33H36FN5O3/c1-32(2,3)33(4)19-38(16-17-39(33)31(41)42)18-20-8-10-22(11-9-20)28-26(21-12-14-23(34)15-13-21)29-27-24(30(40)37-36-29)6-5-7-25(27)35-28/h5-15,26,28,35H,16-19H2,1-4H3,(H,37,40)(H,41,42). The predicted octanol–water partition coefficient (Wildman–Crippen LogP) is 5.96. The van der Waals surface area contributed by atoms with Gasteiger partial charge in [0, 0.05) is 37.3 Å². The molecule has 0 bridgehead atoms. The number of H-pyrrole nitrogens is 1. The van der Waals surface area contributed by atoms with Crippen LogP contribution in [0.1, 0.15) is 62.0 Å². The quantitative estimate of drug-likeness (QED) is 0.280. The molecular formula is C33H36FN5O3. The second-order valence-electron chi connectivity index (χ2n) is 12.7. The van der Waals surface area contributed by atoms with Crippen LogP contribution in [0, 0.1) is 11.2 Å². The van der Waals surface area contributed by atoms with E-state index in [1.807, 2.05) is 19.1 Å². The summed E-state index contributed by atoms with van der Waals surface area (Å²) in [7, 11) is 0. The predicted molar refractivity (Wildman–Crippen MR) is 161 cm³/mol. The summed E-state index contributed by atoms with van der Waals surface area (Å²) in [4.78, 5) is 28.5. The average Bonchev–Trinajstić information content (AvgIpc) is 2.95. The molecule has 1 amide bonds. The van der Waals surface area contributed by atoms with Crippen LogP contribution in [-0.4, -0.2) is 56.4 Å². The van der Waals surface area contributed by atoms with Crippen molar-refractivity contribution in [3.8, 4) is 0 Å². The summed E-state index contributed by atoms with van der Waals surface area (Å²) >= 11 is 0. The monoisotopic (exact) mass is 569 g/mol. The number of amides is 1. The fraction of sp³-hybridized carbons (Fsp3) is 0.364. The second kappa shape index (κ2) is 10.2. The Morgan fingerprint density at radius 2 is 1.74 bits per heavy atom. The first-order valence-electron chi connectivity index (χ1n) is 14.3. The number of nitrogens with one attached hydrogen (secondary N) is 2. The summed E-state index contributed by atoms with van der Waals surface area (Å²) in [6, 6.07) is 20.3. The molecule has 3 atom stereocenters. The van der Waals surface area contributed by atoms with E-state index in [0.717, 1.165) is 33.5 Å². The fourth-order valence-electron chi connectivity index (χ4n) is 6.56. The average molecular weight is 570 g/mol. The molecule has 6 rings (SSSR count). The summed E-state index contributed by atoms with van der Waals surface area (Å²) < 4.78 is 13.9. The first kappa shape index (κ1) is 27.9. The fourth-order valence-corrected chi connectivity index (χ4v) is 6.56. The normalized spacial score (nSPS) is 22.6. The van der Waals surface area contributed by atoms with Crippen molar-refractivity contribution in [1.82, 2.24) is 20.0 Å². The molecule has 218 valence electrons. The van der Waals surface area contributed by atoms with Gasteiger partial charge in [0.2, 0.25) is 0 Å². The van der Waals surface area contributed by atoms with Gasteiger partial charge in [0.25, 0.3) is 5.56 Å². The maximum Gasteiger partial charge on any atom is 0.407 e. The van der Waals surface area contributed by atoms with Crippen molar-refractivity contribution in [2.45, 2.75) is 51.7 Å². The van der Waals surface area contributed by atoms with Crippen LogP contribution >= 0.6 is 0 Å². The molecule has 0 aliphatic carbocycles. The molecule has 1 fully saturated rings. The number of aromatic nitrogens is 2. The van der Waals surface area contributed by atoms with Crippen LogP contribution in [0.4, 0.5) is 14.9 Å². The van der Waals surface area contributed by atoms with Crippen LogP contribution in [-0.2, 0) is 6.54 Å². The number of anilines is 1. The van der Waals surface area contributed by atoms with Crippen molar-refractivity contribution in [2.24, 2.45) is 5.41 Å². The topological polar surface area (TPSA) is 102 Å². The number of carboxylic acid groups (broad SMARTS) is 1. The van der Waals surface area contributed by atoms with Gasteiger partial charge in [-0.3, -0.25) is 14.6 Å². The van der Waals surface area contributed by atoms with Crippen molar-refractivity contribution >= 4 is 22.6 Å². The molecule has 2 aliphatic heterocycles.